The normalized spacial score (nSPS) is 13.0. The Morgan fingerprint density at radius 1 is 1.17 bits per heavy atom. The van der Waals surface area contributed by atoms with E-state index in [0.717, 1.165) is 17.8 Å². The first-order valence-corrected chi connectivity index (χ1v) is 9.45. The fourth-order valence-electron chi connectivity index (χ4n) is 2.27. The number of anilines is 1. The van der Waals surface area contributed by atoms with Gasteiger partial charge in [-0.15, -0.1) is 0 Å². The molecule has 0 saturated carbocycles. The van der Waals surface area contributed by atoms with Gasteiger partial charge in [0.25, 0.3) is 0 Å². The van der Waals surface area contributed by atoms with Crippen molar-refractivity contribution < 1.29 is 32.2 Å². The molecule has 3 amide bonds. The minimum absolute atomic E-state index is 0.0436. The van der Waals surface area contributed by atoms with Crippen LogP contribution in [0.2, 0.25) is 5.02 Å². The van der Waals surface area contributed by atoms with Crippen LogP contribution in [0.15, 0.2) is 35.5 Å². The molecule has 3 rings (SSSR count). The lowest BCUT2D eigenvalue weighted by Crippen LogP contribution is -2.35. The Labute approximate surface area is 171 Å². The summed E-state index contributed by atoms with van der Waals surface area (Å²) in [5.41, 5.74) is -0.602. The molecule has 2 N–H and O–H groups in total. The summed E-state index contributed by atoms with van der Waals surface area (Å²) in [6.45, 7) is 0.823. The van der Waals surface area contributed by atoms with Crippen molar-refractivity contribution in [3.63, 3.8) is 0 Å². The maximum atomic E-state index is 12.6. The summed E-state index contributed by atoms with van der Waals surface area (Å²) in [7, 11) is 0. The first-order valence-electron chi connectivity index (χ1n) is 8.08. The second kappa shape index (κ2) is 8.78. The monoisotopic (exact) mass is 447 g/mol. The highest BCUT2D eigenvalue weighted by atomic mass is 35.5. The van der Waals surface area contributed by atoms with E-state index in [-0.39, 0.29) is 15.8 Å². The molecule has 2 aromatic rings. The molecule has 1 aliphatic heterocycles. The van der Waals surface area contributed by atoms with E-state index in [2.05, 4.69) is 15.6 Å². The fourth-order valence-corrected chi connectivity index (χ4v) is 3.26. The van der Waals surface area contributed by atoms with E-state index >= 15 is 0 Å². The number of fused-ring (bicyclic) bond motifs is 1. The number of ether oxygens (including phenoxy) is 2. The van der Waals surface area contributed by atoms with Crippen molar-refractivity contribution in [2.24, 2.45) is 0 Å². The summed E-state index contributed by atoms with van der Waals surface area (Å²) in [6.07, 6.45) is -3.94. The number of halogens is 4. The number of aromatic nitrogens is 1. The van der Waals surface area contributed by atoms with Gasteiger partial charge in [-0.1, -0.05) is 23.4 Å². The molecule has 0 radical (unpaired) electrons. The highest BCUT2D eigenvalue weighted by Crippen LogP contribution is 2.34. The van der Waals surface area contributed by atoms with E-state index in [1.807, 2.05) is 0 Å². The molecule has 7 nitrogen and oxygen atoms in total. The van der Waals surface area contributed by atoms with Crippen molar-refractivity contribution in [2.75, 3.05) is 24.3 Å². The van der Waals surface area contributed by atoms with E-state index in [4.69, 9.17) is 21.1 Å². The van der Waals surface area contributed by atoms with Crippen molar-refractivity contribution in [3.8, 4) is 11.5 Å². The van der Waals surface area contributed by atoms with Crippen LogP contribution in [0, 0.1) is 0 Å². The Hall–Kier alpha value is -2.66. The highest BCUT2D eigenvalue weighted by Gasteiger charge is 2.31. The number of nitrogens with zero attached hydrogens (tertiary/aromatic N) is 1. The van der Waals surface area contributed by atoms with Crippen LogP contribution in [0.1, 0.15) is 5.56 Å². The lowest BCUT2D eigenvalue weighted by Gasteiger charge is -2.19. The number of imide groups is 1. The zero-order valence-electron chi connectivity index (χ0n) is 14.5. The third-order valence-electron chi connectivity index (χ3n) is 3.53. The van der Waals surface area contributed by atoms with Crippen LogP contribution >= 0.6 is 23.4 Å². The number of thioether (sulfide) groups is 1. The van der Waals surface area contributed by atoms with Gasteiger partial charge in [0.1, 0.15) is 18.2 Å². The van der Waals surface area contributed by atoms with Gasteiger partial charge >= 0.3 is 12.2 Å². The Bertz CT molecular complexity index is 943. The minimum atomic E-state index is -4.57. The van der Waals surface area contributed by atoms with Gasteiger partial charge in [-0.05, 0) is 18.2 Å². The molecule has 0 fully saturated rings. The number of benzene rings is 1. The molecule has 1 aromatic carbocycles. The molecule has 12 heteroatoms. The average Bonchev–Trinajstić information content (AvgIpc) is 2.66. The van der Waals surface area contributed by atoms with Crippen molar-refractivity contribution in [2.45, 2.75) is 11.2 Å². The SMILES string of the molecule is O=C(CSc1ncc(C(F)(F)F)cc1Cl)NC(=O)Nc1ccc2c(c1)OCCO2. The third kappa shape index (κ3) is 5.67. The van der Waals surface area contributed by atoms with Crippen molar-refractivity contribution in [1.82, 2.24) is 10.3 Å². The average molecular weight is 448 g/mol. The number of alkyl halides is 3. The lowest BCUT2D eigenvalue weighted by atomic mass is 10.2. The molecule has 29 heavy (non-hydrogen) atoms. The minimum Gasteiger partial charge on any atom is -0.486 e. The molecule has 1 aromatic heterocycles. The third-order valence-corrected chi connectivity index (χ3v) is 4.93. The largest absolute Gasteiger partial charge is 0.486 e. The van der Waals surface area contributed by atoms with Crippen LogP contribution in [-0.2, 0) is 11.0 Å². The van der Waals surface area contributed by atoms with Gasteiger partial charge in [0.05, 0.1) is 16.3 Å². The van der Waals surface area contributed by atoms with Gasteiger partial charge in [-0.2, -0.15) is 13.2 Å². The summed E-state index contributed by atoms with van der Waals surface area (Å²) in [6, 6.07) is 4.71. The zero-order chi connectivity index (χ0) is 21.0. The van der Waals surface area contributed by atoms with E-state index in [9.17, 15) is 22.8 Å². The first kappa shape index (κ1) is 21.1. The number of hydrogen-bond donors (Lipinski definition) is 2. The Balaban J connectivity index is 1.51. The van der Waals surface area contributed by atoms with Crippen molar-refractivity contribution >= 4 is 41.0 Å². The van der Waals surface area contributed by atoms with Gasteiger partial charge in [0, 0.05) is 18.0 Å². The lowest BCUT2D eigenvalue weighted by molar-refractivity contribution is -0.137. The van der Waals surface area contributed by atoms with Crippen LogP contribution in [0.25, 0.3) is 0 Å². The molecule has 0 bridgehead atoms. The van der Waals surface area contributed by atoms with E-state index in [1.54, 1.807) is 18.2 Å². The zero-order valence-corrected chi connectivity index (χ0v) is 16.1. The maximum Gasteiger partial charge on any atom is 0.417 e. The number of carbonyl (C=O) groups excluding carboxylic acids is 2. The van der Waals surface area contributed by atoms with Gasteiger partial charge in [-0.3, -0.25) is 10.1 Å². The highest BCUT2D eigenvalue weighted by molar-refractivity contribution is 8.00. The molecule has 0 atom stereocenters. The molecule has 1 aliphatic rings. The number of rotatable bonds is 4. The smallest absolute Gasteiger partial charge is 0.417 e. The second-order valence-corrected chi connectivity index (χ2v) is 7.03. The predicted molar refractivity (Wildman–Crippen MR) is 99.6 cm³/mol. The number of hydrogen-bond acceptors (Lipinski definition) is 6. The number of pyridine rings is 1. The summed E-state index contributed by atoms with van der Waals surface area (Å²) in [4.78, 5) is 27.4. The number of carbonyl (C=O) groups is 2. The van der Waals surface area contributed by atoms with Crippen LogP contribution in [-0.4, -0.2) is 35.9 Å². The Morgan fingerprint density at radius 2 is 1.90 bits per heavy atom. The maximum absolute atomic E-state index is 12.6. The quantitative estimate of drug-likeness (QED) is 0.689. The first-order chi connectivity index (χ1) is 13.7. The molecule has 0 aliphatic carbocycles. The fraction of sp³-hybridized carbons (Fsp3) is 0.235. The Kier molecular flexibility index (Phi) is 6.38. The predicted octanol–water partition coefficient (Wildman–Crippen LogP) is 3.97. The van der Waals surface area contributed by atoms with Gasteiger partial charge in [0.2, 0.25) is 5.91 Å². The molecule has 0 unspecified atom stereocenters. The van der Waals surface area contributed by atoms with Crippen LogP contribution < -0.4 is 20.1 Å². The summed E-state index contributed by atoms with van der Waals surface area (Å²) in [5.74, 6) is 0.0736. The summed E-state index contributed by atoms with van der Waals surface area (Å²) < 4.78 is 48.6. The number of amides is 3. The molecule has 154 valence electrons. The standard InChI is InChI=1S/C17H13ClF3N3O4S/c18-11-5-9(17(19,20)21)7-22-15(11)29-8-14(25)24-16(26)23-10-1-2-12-13(6-10)28-4-3-27-12/h1-2,5-7H,3-4,8H2,(H2,23,24,25,26). The van der Waals surface area contributed by atoms with E-state index in [0.29, 0.717) is 36.6 Å². The van der Waals surface area contributed by atoms with Crippen molar-refractivity contribution in [1.29, 1.82) is 0 Å². The molecular weight excluding hydrogens is 435 g/mol. The van der Waals surface area contributed by atoms with Gasteiger partial charge < -0.3 is 14.8 Å². The van der Waals surface area contributed by atoms with Gasteiger partial charge in [-0.25, -0.2) is 9.78 Å². The number of nitrogens with one attached hydrogen (secondary N) is 2. The van der Waals surface area contributed by atoms with Crippen LogP contribution in [0.4, 0.5) is 23.7 Å². The van der Waals surface area contributed by atoms with Crippen LogP contribution in [0.5, 0.6) is 11.5 Å². The molecule has 2 heterocycles. The van der Waals surface area contributed by atoms with E-state index in [1.165, 1.54) is 0 Å². The molecular formula is C17H13ClF3N3O4S. The topological polar surface area (TPSA) is 89.6 Å². The van der Waals surface area contributed by atoms with Crippen LogP contribution in [0.3, 0.4) is 0 Å². The molecule has 0 saturated heterocycles. The van der Waals surface area contributed by atoms with Gasteiger partial charge in [0.15, 0.2) is 11.5 Å². The number of urea groups is 1. The molecule has 0 spiro atoms. The summed E-state index contributed by atoms with van der Waals surface area (Å²) >= 11 is 6.58. The second-order valence-electron chi connectivity index (χ2n) is 5.66. The Morgan fingerprint density at radius 3 is 2.59 bits per heavy atom. The van der Waals surface area contributed by atoms with E-state index < -0.39 is 23.7 Å². The van der Waals surface area contributed by atoms with Crippen molar-refractivity contribution in [3.05, 3.63) is 41.0 Å². The summed E-state index contributed by atoms with van der Waals surface area (Å²) in [5, 5.41) is 4.38.